The molecule has 2 amide bonds. The summed E-state index contributed by atoms with van der Waals surface area (Å²) in [4.78, 5) is 25.8. The van der Waals surface area contributed by atoms with Crippen molar-refractivity contribution in [2.24, 2.45) is 0 Å². The average Bonchev–Trinajstić information content (AvgIpc) is 2.56. The predicted octanol–water partition coefficient (Wildman–Crippen LogP) is 4.37. The van der Waals surface area contributed by atoms with Crippen molar-refractivity contribution >= 4 is 52.3 Å². The fourth-order valence-electron chi connectivity index (χ4n) is 2.10. The van der Waals surface area contributed by atoms with E-state index in [0.717, 1.165) is 0 Å². The number of nitrogens with zero attached hydrogens (tertiary/aromatic N) is 1. The fourth-order valence-corrected chi connectivity index (χ4v) is 2.57. The molecule has 0 unspecified atom stereocenters. The number of methoxy groups -OCH3 is 1. The van der Waals surface area contributed by atoms with Crippen LogP contribution in [0.25, 0.3) is 0 Å². The number of hydrogen-bond acceptors (Lipinski definition) is 3. The SMILES string of the molecule is COc1ccc(Cl)cc1NC(=O)CN(C)C(=O)c1ccc(Cl)c(Cl)c1. The molecule has 0 saturated heterocycles. The van der Waals surface area contributed by atoms with Crippen LogP contribution >= 0.6 is 34.8 Å². The summed E-state index contributed by atoms with van der Waals surface area (Å²) in [6, 6.07) is 9.39. The molecule has 132 valence electrons. The molecule has 1 N–H and O–H groups in total. The van der Waals surface area contributed by atoms with Crippen LogP contribution in [0.2, 0.25) is 15.1 Å². The summed E-state index contributed by atoms with van der Waals surface area (Å²) in [7, 11) is 3.00. The molecule has 0 aliphatic heterocycles. The molecule has 0 fully saturated rings. The van der Waals surface area contributed by atoms with Crippen LogP contribution in [0, 0.1) is 0 Å². The second-order valence-electron chi connectivity index (χ2n) is 5.18. The predicted molar refractivity (Wildman–Crippen MR) is 100 cm³/mol. The van der Waals surface area contributed by atoms with E-state index in [9.17, 15) is 9.59 Å². The first-order chi connectivity index (χ1) is 11.8. The summed E-state index contributed by atoms with van der Waals surface area (Å²) in [5, 5.41) is 3.75. The number of ether oxygens (including phenoxy) is 1. The van der Waals surface area contributed by atoms with Crippen molar-refractivity contribution in [3.63, 3.8) is 0 Å². The van der Waals surface area contributed by atoms with Gasteiger partial charge in [-0.3, -0.25) is 9.59 Å². The average molecular weight is 402 g/mol. The van der Waals surface area contributed by atoms with Crippen LogP contribution in [0.4, 0.5) is 5.69 Å². The van der Waals surface area contributed by atoms with Gasteiger partial charge in [0.2, 0.25) is 5.91 Å². The van der Waals surface area contributed by atoms with Crippen LogP contribution in [-0.4, -0.2) is 37.4 Å². The minimum atomic E-state index is -0.392. The largest absolute Gasteiger partial charge is 0.495 e. The van der Waals surface area contributed by atoms with E-state index in [0.29, 0.717) is 27.0 Å². The van der Waals surface area contributed by atoms with E-state index in [1.165, 1.54) is 31.2 Å². The van der Waals surface area contributed by atoms with E-state index in [1.54, 1.807) is 24.3 Å². The Balaban J connectivity index is 2.05. The van der Waals surface area contributed by atoms with Crippen LogP contribution in [0.1, 0.15) is 10.4 Å². The highest BCUT2D eigenvalue weighted by molar-refractivity contribution is 6.42. The maximum atomic E-state index is 12.4. The van der Waals surface area contributed by atoms with Crippen LogP contribution in [0.3, 0.4) is 0 Å². The molecule has 0 aliphatic rings. The van der Waals surface area contributed by atoms with Crippen molar-refractivity contribution in [3.05, 3.63) is 57.0 Å². The lowest BCUT2D eigenvalue weighted by molar-refractivity contribution is -0.116. The van der Waals surface area contributed by atoms with Crippen molar-refractivity contribution in [1.29, 1.82) is 0 Å². The molecule has 0 atom stereocenters. The lowest BCUT2D eigenvalue weighted by atomic mass is 10.2. The number of rotatable bonds is 5. The minimum absolute atomic E-state index is 0.158. The molecule has 0 heterocycles. The zero-order valence-corrected chi connectivity index (χ0v) is 15.7. The molecule has 8 heteroatoms. The Labute approximate surface area is 160 Å². The summed E-state index contributed by atoms with van der Waals surface area (Å²) >= 11 is 17.7. The number of halogens is 3. The Kier molecular flexibility index (Phi) is 6.53. The smallest absolute Gasteiger partial charge is 0.254 e. The number of amides is 2. The third-order valence-corrected chi connectivity index (χ3v) is 4.30. The Bertz CT molecular complexity index is 812. The van der Waals surface area contributed by atoms with E-state index >= 15 is 0 Å². The molecule has 0 radical (unpaired) electrons. The number of benzene rings is 2. The third kappa shape index (κ3) is 5.01. The summed E-state index contributed by atoms with van der Waals surface area (Å²) in [5.41, 5.74) is 0.764. The quantitative estimate of drug-likeness (QED) is 0.809. The molecule has 0 saturated carbocycles. The van der Waals surface area contributed by atoms with Gasteiger partial charge in [-0.05, 0) is 36.4 Å². The van der Waals surface area contributed by atoms with Gasteiger partial charge in [0.05, 0.1) is 29.4 Å². The molecule has 25 heavy (non-hydrogen) atoms. The lowest BCUT2D eigenvalue weighted by Crippen LogP contribution is -2.35. The van der Waals surface area contributed by atoms with Crippen molar-refractivity contribution in [2.45, 2.75) is 0 Å². The van der Waals surface area contributed by atoms with Crippen molar-refractivity contribution in [2.75, 3.05) is 26.0 Å². The van der Waals surface area contributed by atoms with Crippen molar-refractivity contribution in [1.82, 2.24) is 4.90 Å². The van der Waals surface area contributed by atoms with Gasteiger partial charge < -0.3 is 15.0 Å². The van der Waals surface area contributed by atoms with Crippen molar-refractivity contribution < 1.29 is 14.3 Å². The van der Waals surface area contributed by atoms with E-state index in [-0.39, 0.29) is 17.5 Å². The molecule has 5 nitrogen and oxygen atoms in total. The molecular formula is C17H15Cl3N2O3. The zero-order valence-electron chi connectivity index (χ0n) is 13.5. The van der Waals surface area contributed by atoms with Gasteiger partial charge in [0, 0.05) is 17.6 Å². The summed E-state index contributed by atoms with van der Waals surface area (Å²) in [6.07, 6.45) is 0. The second-order valence-corrected chi connectivity index (χ2v) is 6.43. The van der Waals surface area contributed by atoms with Gasteiger partial charge in [0.15, 0.2) is 0 Å². The molecule has 0 spiro atoms. The van der Waals surface area contributed by atoms with E-state index in [2.05, 4.69) is 5.32 Å². The molecule has 0 aliphatic carbocycles. The minimum Gasteiger partial charge on any atom is -0.495 e. The van der Waals surface area contributed by atoms with Crippen LogP contribution in [0.15, 0.2) is 36.4 Å². The van der Waals surface area contributed by atoms with Gasteiger partial charge in [-0.1, -0.05) is 34.8 Å². The topological polar surface area (TPSA) is 58.6 Å². The van der Waals surface area contributed by atoms with Crippen LogP contribution in [-0.2, 0) is 4.79 Å². The maximum absolute atomic E-state index is 12.4. The molecule has 2 aromatic carbocycles. The highest BCUT2D eigenvalue weighted by atomic mass is 35.5. The fraction of sp³-hybridized carbons (Fsp3) is 0.176. The third-order valence-electron chi connectivity index (χ3n) is 3.33. The van der Waals surface area contributed by atoms with Gasteiger partial charge in [-0.25, -0.2) is 0 Å². The molecule has 2 rings (SSSR count). The van der Waals surface area contributed by atoms with E-state index in [4.69, 9.17) is 39.5 Å². The normalized spacial score (nSPS) is 10.3. The van der Waals surface area contributed by atoms with Crippen LogP contribution in [0.5, 0.6) is 5.75 Å². The van der Waals surface area contributed by atoms with Crippen molar-refractivity contribution in [3.8, 4) is 5.75 Å². The van der Waals surface area contributed by atoms with Gasteiger partial charge in [-0.2, -0.15) is 0 Å². The Hall–Kier alpha value is -1.95. The standard InChI is InChI=1S/C17H15Cl3N2O3/c1-22(17(24)10-3-5-12(19)13(20)7-10)9-16(23)21-14-8-11(18)4-6-15(14)25-2/h3-8H,9H2,1-2H3,(H,21,23). The first-order valence-corrected chi connectivity index (χ1v) is 8.29. The Morgan fingerprint density at radius 3 is 2.44 bits per heavy atom. The zero-order chi connectivity index (χ0) is 18.6. The summed E-state index contributed by atoms with van der Waals surface area (Å²) < 4.78 is 5.17. The van der Waals surface area contributed by atoms with Gasteiger partial charge in [-0.15, -0.1) is 0 Å². The number of carbonyl (C=O) groups excluding carboxylic acids is 2. The van der Waals surface area contributed by atoms with Crippen LogP contribution < -0.4 is 10.1 Å². The Morgan fingerprint density at radius 2 is 1.80 bits per heavy atom. The highest BCUT2D eigenvalue weighted by Gasteiger charge is 2.17. The van der Waals surface area contributed by atoms with Gasteiger partial charge in [0.1, 0.15) is 5.75 Å². The lowest BCUT2D eigenvalue weighted by Gasteiger charge is -2.18. The molecular weight excluding hydrogens is 387 g/mol. The monoisotopic (exact) mass is 400 g/mol. The number of nitrogens with one attached hydrogen (secondary N) is 1. The maximum Gasteiger partial charge on any atom is 0.254 e. The van der Waals surface area contributed by atoms with E-state index < -0.39 is 5.91 Å². The number of hydrogen-bond donors (Lipinski definition) is 1. The van der Waals surface area contributed by atoms with Gasteiger partial charge in [0.25, 0.3) is 5.91 Å². The number of carbonyl (C=O) groups is 2. The number of anilines is 1. The number of likely N-dealkylation sites (N-methyl/N-ethyl adjacent to an activating group) is 1. The molecule has 0 aromatic heterocycles. The Morgan fingerprint density at radius 1 is 1.08 bits per heavy atom. The molecule has 2 aromatic rings. The van der Waals surface area contributed by atoms with E-state index in [1.807, 2.05) is 0 Å². The molecule has 0 bridgehead atoms. The first kappa shape index (κ1) is 19.4. The highest BCUT2D eigenvalue weighted by Crippen LogP contribution is 2.27. The summed E-state index contributed by atoms with van der Waals surface area (Å²) in [6.45, 7) is -0.158. The first-order valence-electron chi connectivity index (χ1n) is 7.15. The summed E-state index contributed by atoms with van der Waals surface area (Å²) in [5.74, 6) is -0.278. The second kappa shape index (κ2) is 8.43. The van der Waals surface area contributed by atoms with Gasteiger partial charge >= 0.3 is 0 Å².